The molecule has 0 aliphatic carbocycles. The van der Waals surface area contributed by atoms with Crippen LogP contribution in [0.1, 0.15) is 50.7 Å². The van der Waals surface area contributed by atoms with Gasteiger partial charge in [-0.25, -0.2) is 8.42 Å². The van der Waals surface area contributed by atoms with Crippen LogP contribution in [0.5, 0.6) is 5.75 Å². The molecule has 0 saturated carbocycles. The second-order valence-corrected chi connectivity index (χ2v) is 10.8. The molecular weight excluding hydrogens is 478 g/mol. The molecule has 2 amide bonds. The van der Waals surface area contributed by atoms with Gasteiger partial charge in [0.25, 0.3) is 0 Å². The van der Waals surface area contributed by atoms with Crippen LogP contribution in [0.15, 0.2) is 48.5 Å². The van der Waals surface area contributed by atoms with Crippen LogP contribution in [0.2, 0.25) is 0 Å². The molecule has 0 heterocycles. The topological polar surface area (TPSA) is 96.0 Å². The van der Waals surface area contributed by atoms with E-state index in [2.05, 4.69) is 5.32 Å². The molecule has 8 nitrogen and oxygen atoms in total. The van der Waals surface area contributed by atoms with E-state index in [1.807, 2.05) is 38.1 Å². The van der Waals surface area contributed by atoms with Crippen molar-refractivity contribution in [2.24, 2.45) is 0 Å². The van der Waals surface area contributed by atoms with Gasteiger partial charge in [-0.1, -0.05) is 55.3 Å². The van der Waals surface area contributed by atoms with Crippen molar-refractivity contribution in [1.29, 1.82) is 0 Å². The molecule has 0 bridgehead atoms. The predicted molar refractivity (Wildman–Crippen MR) is 144 cm³/mol. The number of carbonyl (C=O) groups excluding carboxylic acids is 2. The third-order valence-corrected chi connectivity index (χ3v) is 7.16. The number of unbranched alkanes of at least 4 members (excludes halogenated alkanes) is 1. The Morgan fingerprint density at radius 3 is 2.33 bits per heavy atom. The standard InChI is InChI=1S/C27H39N3O5S/c1-6-7-18-28-27(32)22(3)29(20-23-16-14-21(2)15-17-23)26(31)13-10-19-30(36(5,33)34)24-11-8-9-12-25(24)35-4/h8-9,11-12,14-17,22H,6-7,10,13,18-20H2,1-5H3,(H,28,32)/t22-/m0/s1. The Balaban J connectivity index is 2.16. The van der Waals surface area contributed by atoms with Crippen LogP contribution in [-0.4, -0.2) is 57.6 Å². The number of amides is 2. The van der Waals surface area contributed by atoms with Crippen LogP contribution in [-0.2, 0) is 26.2 Å². The molecule has 0 aliphatic rings. The van der Waals surface area contributed by atoms with E-state index in [0.29, 0.717) is 30.9 Å². The van der Waals surface area contributed by atoms with Gasteiger partial charge in [-0.3, -0.25) is 13.9 Å². The average Bonchev–Trinajstić information content (AvgIpc) is 2.85. The Labute approximate surface area is 215 Å². The van der Waals surface area contributed by atoms with Gasteiger partial charge in [0.15, 0.2) is 0 Å². The number of benzene rings is 2. The summed E-state index contributed by atoms with van der Waals surface area (Å²) in [5.74, 6) is 0.0329. The van der Waals surface area contributed by atoms with E-state index >= 15 is 0 Å². The zero-order chi connectivity index (χ0) is 26.7. The number of carbonyl (C=O) groups is 2. The van der Waals surface area contributed by atoms with Crippen molar-refractivity contribution in [3.63, 3.8) is 0 Å². The van der Waals surface area contributed by atoms with Gasteiger partial charge in [-0.05, 0) is 44.4 Å². The molecule has 2 rings (SSSR count). The molecule has 0 spiro atoms. The first kappa shape index (κ1) is 29.2. The number of nitrogens with zero attached hydrogens (tertiary/aromatic N) is 2. The number of nitrogens with one attached hydrogen (secondary N) is 1. The summed E-state index contributed by atoms with van der Waals surface area (Å²) >= 11 is 0. The maximum absolute atomic E-state index is 13.3. The molecule has 198 valence electrons. The van der Waals surface area contributed by atoms with E-state index in [4.69, 9.17) is 4.74 Å². The molecule has 2 aromatic rings. The quantitative estimate of drug-likeness (QED) is 0.384. The molecule has 0 aliphatic heterocycles. The first-order chi connectivity index (χ1) is 17.1. The SMILES string of the molecule is CCCCNC(=O)[C@H](C)N(Cc1ccc(C)cc1)C(=O)CCCN(c1ccccc1OC)S(C)(=O)=O. The average molecular weight is 518 g/mol. The van der Waals surface area contributed by atoms with Gasteiger partial charge in [0, 0.05) is 26.1 Å². The highest BCUT2D eigenvalue weighted by Crippen LogP contribution is 2.29. The van der Waals surface area contributed by atoms with Crippen LogP contribution in [0.25, 0.3) is 0 Å². The third-order valence-electron chi connectivity index (χ3n) is 5.98. The Bertz CT molecular complexity index is 1100. The molecule has 1 atom stereocenters. The van der Waals surface area contributed by atoms with Crippen LogP contribution < -0.4 is 14.4 Å². The van der Waals surface area contributed by atoms with E-state index in [1.165, 1.54) is 11.4 Å². The number of para-hydroxylation sites is 2. The van der Waals surface area contributed by atoms with Crippen molar-refractivity contribution in [2.45, 2.75) is 59.0 Å². The van der Waals surface area contributed by atoms with Crippen LogP contribution in [0.4, 0.5) is 5.69 Å². The lowest BCUT2D eigenvalue weighted by Crippen LogP contribution is -2.48. The van der Waals surface area contributed by atoms with E-state index < -0.39 is 16.1 Å². The zero-order valence-electron chi connectivity index (χ0n) is 22.0. The lowest BCUT2D eigenvalue weighted by atomic mass is 10.1. The lowest BCUT2D eigenvalue weighted by molar-refractivity contribution is -0.140. The van der Waals surface area contributed by atoms with Gasteiger partial charge < -0.3 is 15.0 Å². The van der Waals surface area contributed by atoms with E-state index in [1.54, 1.807) is 36.1 Å². The summed E-state index contributed by atoms with van der Waals surface area (Å²) in [6.07, 6.45) is 3.35. The summed E-state index contributed by atoms with van der Waals surface area (Å²) in [6, 6.07) is 14.1. The maximum atomic E-state index is 13.3. The molecule has 0 aromatic heterocycles. The molecule has 9 heteroatoms. The smallest absolute Gasteiger partial charge is 0.242 e. The van der Waals surface area contributed by atoms with Crippen molar-refractivity contribution < 1.29 is 22.7 Å². The largest absolute Gasteiger partial charge is 0.495 e. The minimum atomic E-state index is -3.60. The predicted octanol–water partition coefficient (Wildman–Crippen LogP) is 3.88. The lowest BCUT2D eigenvalue weighted by Gasteiger charge is -2.29. The number of aryl methyl sites for hydroxylation is 1. The Morgan fingerprint density at radius 1 is 1.06 bits per heavy atom. The number of methoxy groups -OCH3 is 1. The van der Waals surface area contributed by atoms with Gasteiger partial charge in [0.1, 0.15) is 11.8 Å². The van der Waals surface area contributed by atoms with Crippen LogP contribution >= 0.6 is 0 Å². The molecule has 2 aromatic carbocycles. The highest BCUT2D eigenvalue weighted by Gasteiger charge is 2.27. The summed E-state index contributed by atoms with van der Waals surface area (Å²) in [7, 11) is -2.11. The van der Waals surface area contributed by atoms with Gasteiger partial charge in [0.05, 0.1) is 19.1 Å². The second-order valence-electron chi connectivity index (χ2n) is 8.94. The molecular formula is C27H39N3O5S. The Morgan fingerprint density at radius 2 is 1.72 bits per heavy atom. The van der Waals surface area contributed by atoms with Gasteiger partial charge in [0.2, 0.25) is 21.8 Å². The number of hydrogen-bond donors (Lipinski definition) is 1. The summed E-state index contributed by atoms with van der Waals surface area (Å²) in [5, 5.41) is 2.91. The first-order valence-corrected chi connectivity index (χ1v) is 14.2. The second kappa shape index (κ2) is 13.9. The molecule has 0 radical (unpaired) electrons. The van der Waals surface area contributed by atoms with Crippen LogP contribution in [0, 0.1) is 6.92 Å². The number of ether oxygens (including phenoxy) is 1. The minimum Gasteiger partial charge on any atom is -0.495 e. The number of sulfonamides is 1. The van der Waals surface area contributed by atoms with Crippen molar-refractivity contribution in [2.75, 3.05) is 30.8 Å². The molecule has 1 N–H and O–H groups in total. The maximum Gasteiger partial charge on any atom is 0.242 e. The first-order valence-electron chi connectivity index (χ1n) is 12.3. The Hall–Kier alpha value is -3.07. The summed E-state index contributed by atoms with van der Waals surface area (Å²) in [6.45, 7) is 6.74. The van der Waals surface area contributed by atoms with Gasteiger partial charge in [-0.2, -0.15) is 0 Å². The van der Waals surface area contributed by atoms with Crippen LogP contribution in [0.3, 0.4) is 0 Å². The van der Waals surface area contributed by atoms with Gasteiger partial charge in [-0.15, -0.1) is 0 Å². The van der Waals surface area contributed by atoms with Gasteiger partial charge >= 0.3 is 0 Å². The fraction of sp³-hybridized carbons (Fsp3) is 0.481. The highest BCUT2D eigenvalue weighted by atomic mass is 32.2. The fourth-order valence-electron chi connectivity index (χ4n) is 3.83. The number of hydrogen-bond acceptors (Lipinski definition) is 5. The zero-order valence-corrected chi connectivity index (χ0v) is 22.8. The monoisotopic (exact) mass is 517 g/mol. The summed E-state index contributed by atoms with van der Waals surface area (Å²) in [5.41, 5.74) is 2.46. The number of rotatable bonds is 14. The Kier molecular flexibility index (Phi) is 11.2. The summed E-state index contributed by atoms with van der Waals surface area (Å²) in [4.78, 5) is 27.7. The third kappa shape index (κ3) is 8.55. The van der Waals surface area contributed by atoms with Crippen molar-refractivity contribution in [3.05, 3.63) is 59.7 Å². The molecule has 36 heavy (non-hydrogen) atoms. The molecule has 0 saturated heterocycles. The molecule has 0 unspecified atom stereocenters. The van der Waals surface area contributed by atoms with E-state index in [-0.39, 0.29) is 24.8 Å². The summed E-state index contributed by atoms with van der Waals surface area (Å²) < 4.78 is 31.6. The normalized spacial score (nSPS) is 12.0. The fourth-order valence-corrected chi connectivity index (χ4v) is 4.80. The van der Waals surface area contributed by atoms with Crippen molar-refractivity contribution in [3.8, 4) is 5.75 Å². The number of anilines is 1. The van der Waals surface area contributed by atoms with Crippen molar-refractivity contribution in [1.82, 2.24) is 10.2 Å². The van der Waals surface area contributed by atoms with E-state index in [9.17, 15) is 18.0 Å². The highest BCUT2D eigenvalue weighted by molar-refractivity contribution is 7.92. The van der Waals surface area contributed by atoms with Crippen molar-refractivity contribution >= 4 is 27.5 Å². The molecule has 0 fully saturated rings. The minimum absolute atomic E-state index is 0.0968. The van der Waals surface area contributed by atoms with E-state index in [0.717, 1.165) is 30.2 Å².